The minimum Gasteiger partial charge on any atom is -0.493 e. The number of rotatable bonds is 8. The number of methoxy groups -OCH3 is 1. The smallest absolute Gasteiger partial charge is 0.248 e. The molecule has 0 aromatic heterocycles. The van der Waals surface area contributed by atoms with Crippen LogP contribution < -0.4 is 14.8 Å². The fraction of sp³-hybridized carbons (Fsp3) is 0.227. The highest BCUT2D eigenvalue weighted by Gasteiger charge is 2.08. The summed E-state index contributed by atoms with van der Waals surface area (Å²) in [5, 5.41) is 2.94. The number of anilines is 1. The molecule has 0 saturated heterocycles. The Bertz CT molecular complexity index is 794. The lowest BCUT2D eigenvalue weighted by molar-refractivity contribution is -0.111. The molecule has 0 spiro atoms. The Hall–Kier alpha value is -3.01. The number of ether oxygens (including phenoxy) is 2. The molecule has 1 amide bonds. The van der Waals surface area contributed by atoms with E-state index in [1.807, 2.05) is 42.5 Å². The van der Waals surface area contributed by atoms with Crippen molar-refractivity contribution in [2.45, 2.75) is 19.8 Å². The number of carbonyl (C=O) groups is 1. The molecule has 0 aliphatic rings. The number of hydrogen-bond acceptors (Lipinski definition) is 3. The summed E-state index contributed by atoms with van der Waals surface area (Å²) in [7, 11) is 1.58. The fourth-order valence-corrected chi connectivity index (χ4v) is 2.52. The number of carbonyl (C=O) groups excluding carboxylic acids is 1. The molecule has 0 radical (unpaired) electrons. The van der Waals surface area contributed by atoms with Crippen LogP contribution in [0.1, 0.15) is 30.9 Å². The zero-order chi connectivity index (χ0) is 18.9. The summed E-state index contributed by atoms with van der Waals surface area (Å²) >= 11 is 0. The van der Waals surface area contributed by atoms with Crippen LogP contribution in [0.15, 0.2) is 61.2 Å². The molecule has 0 heterocycles. The maximum atomic E-state index is 12.3. The van der Waals surface area contributed by atoms with Crippen molar-refractivity contribution in [2.75, 3.05) is 19.0 Å². The highest BCUT2D eigenvalue weighted by Crippen LogP contribution is 2.28. The highest BCUT2D eigenvalue weighted by molar-refractivity contribution is 6.02. The first-order valence-corrected chi connectivity index (χ1v) is 8.55. The molecule has 2 aromatic carbocycles. The first-order valence-electron chi connectivity index (χ1n) is 8.55. The molecule has 0 aliphatic heterocycles. The second-order valence-corrected chi connectivity index (χ2v) is 6.07. The number of amides is 1. The van der Waals surface area contributed by atoms with Crippen molar-refractivity contribution in [3.63, 3.8) is 0 Å². The second kappa shape index (κ2) is 9.47. The van der Waals surface area contributed by atoms with E-state index < -0.39 is 0 Å². The van der Waals surface area contributed by atoms with Crippen LogP contribution in [0.4, 0.5) is 5.69 Å². The van der Waals surface area contributed by atoms with Crippen molar-refractivity contribution in [1.29, 1.82) is 0 Å². The lowest BCUT2D eigenvalue weighted by Crippen LogP contribution is -2.10. The molecule has 4 nitrogen and oxygen atoms in total. The standard InChI is InChI=1S/C22H25NO3/c1-5-14-26-20-12-10-17(15-21(20)25-4)11-13-22(24)23-19-9-7-6-8-18(19)16(2)3/h5-13,15-16H,1,14H2,2-4H3,(H,23,24)/b13-11+. The predicted octanol–water partition coefficient (Wildman–Crippen LogP) is 5.04. The number of hydrogen-bond donors (Lipinski definition) is 1. The van der Waals surface area contributed by atoms with E-state index in [0.717, 1.165) is 16.8 Å². The Morgan fingerprint density at radius 2 is 1.96 bits per heavy atom. The van der Waals surface area contributed by atoms with Crippen LogP contribution in [0.25, 0.3) is 6.08 Å². The number of para-hydroxylation sites is 1. The molecule has 26 heavy (non-hydrogen) atoms. The van der Waals surface area contributed by atoms with Crippen molar-refractivity contribution < 1.29 is 14.3 Å². The molecule has 1 N–H and O–H groups in total. The van der Waals surface area contributed by atoms with Gasteiger partial charge in [0.15, 0.2) is 11.5 Å². The van der Waals surface area contributed by atoms with E-state index >= 15 is 0 Å². The molecule has 136 valence electrons. The van der Waals surface area contributed by atoms with E-state index in [9.17, 15) is 4.79 Å². The summed E-state index contributed by atoms with van der Waals surface area (Å²) in [6.07, 6.45) is 4.93. The average Bonchev–Trinajstić information content (AvgIpc) is 2.65. The van der Waals surface area contributed by atoms with Gasteiger partial charge in [-0.3, -0.25) is 4.79 Å². The average molecular weight is 351 g/mol. The molecule has 0 aliphatic carbocycles. The van der Waals surface area contributed by atoms with E-state index in [-0.39, 0.29) is 5.91 Å². The van der Waals surface area contributed by atoms with Crippen molar-refractivity contribution in [1.82, 2.24) is 0 Å². The monoisotopic (exact) mass is 351 g/mol. The Morgan fingerprint density at radius 1 is 1.19 bits per heavy atom. The molecule has 0 atom stereocenters. The minimum atomic E-state index is -0.177. The van der Waals surface area contributed by atoms with Crippen molar-refractivity contribution in [3.8, 4) is 11.5 Å². The van der Waals surface area contributed by atoms with Crippen LogP contribution in [-0.2, 0) is 4.79 Å². The number of nitrogens with one attached hydrogen (secondary N) is 1. The molecule has 0 bridgehead atoms. The maximum Gasteiger partial charge on any atom is 0.248 e. The van der Waals surface area contributed by atoms with Crippen LogP contribution in [-0.4, -0.2) is 19.6 Å². The van der Waals surface area contributed by atoms with E-state index in [0.29, 0.717) is 24.0 Å². The van der Waals surface area contributed by atoms with Crippen LogP contribution in [0.5, 0.6) is 11.5 Å². The summed E-state index contributed by atoms with van der Waals surface area (Å²) in [6.45, 7) is 8.23. The van der Waals surface area contributed by atoms with Gasteiger partial charge in [-0.2, -0.15) is 0 Å². The summed E-state index contributed by atoms with van der Waals surface area (Å²) < 4.78 is 10.9. The van der Waals surface area contributed by atoms with Crippen molar-refractivity contribution in [2.24, 2.45) is 0 Å². The summed E-state index contributed by atoms with van der Waals surface area (Å²) in [5.41, 5.74) is 2.79. The topological polar surface area (TPSA) is 47.6 Å². The van der Waals surface area contributed by atoms with Gasteiger partial charge in [0.25, 0.3) is 0 Å². The third-order valence-electron chi connectivity index (χ3n) is 3.81. The normalized spacial score (nSPS) is 10.8. The van der Waals surface area contributed by atoms with Gasteiger partial charge >= 0.3 is 0 Å². The van der Waals surface area contributed by atoms with Crippen LogP contribution in [0, 0.1) is 0 Å². The largest absolute Gasteiger partial charge is 0.493 e. The Kier molecular flexibility index (Phi) is 7.03. The van der Waals surface area contributed by atoms with Gasteiger partial charge in [-0.05, 0) is 41.3 Å². The van der Waals surface area contributed by atoms with Gasteiger partial charge in [-0.1, -0.05) is 50.8 Å². The minimum absolute atomic E-state index is 0.177. The first-order chi connectivity index (χ1) is 12.5. The van der Waals surface area contributed by atoms with E-state index in [1.54, 1.807) is 19.3 Å². The van der Waals surface area contributed by atoms with Crippen LogP contribution >= 0.6 is 0 Å². The molecule has 0 unspecified atom stereocenters. The van der Waals surface area contributed by atoms with Crippen LogP contribution in [0.3, 0.4) is 0 Å². The molecule has 0 fully saturated rings. The molecule has 2 rings (SSSR count). The van der Waals surface area contributed by atoms with Gasteiger partial charge in [0, 0.05) is 11.8 Å². The Labute approximate surface area is 155 Å². The highest BCUT2D eigenvalue weighted by atomic mass is 16.5. The molecular formula is C22H25NO3. The fourth-order valence-electron chi connectivity index (χ4n) is 2.52. The van der Waals surface area contributed by atoms with Gasteiger partial charge < -0.3 is 14.8 Å². The number of benzene rings is 2. The van der Waals surface area contributed by atoms with E-state index in [2.05, 4.69) is 25.7 Å². The lowest BCUT2D eigenvalue weighted by atomic mass is 10.0. The van der Waals surface area contributed by atoms with Crippen molar-refractivity contribution in [3.05, 3.63) is 72.3 Å². The van der Waals surface area contributed by atoms with E-state index in [1.165, 1.54) is 6.08 Å². The second-order valence-electron chi connectivity index (χ2n) is 6.07. The summed E-state index contributed by atoms with van der Waals surface area (Å²) in [4.78, 5) is 12.3. The molecule has 0 saturated carbocycles. The zero-order valence-corrected chi connectivity index (χ0v) is 15.5. The zero-order valence-electron chi connectivity index (χ0n) is 15.5. The van der Waals surface area contributed by atoms with Crippen LogP contribution in [0.2, 0.25) is 0 Å². The lowest BCUT2D eigenvalue weighted by Gasteiger charge is -2.12. The summed E-state index contributed by atoms with van der Waals surface area (Å²) in [5.74, 6) is 1.41. The quantitative estimate of drug-likeness (QED) is 0.536. The van der Waals surface area contributed by atoms with Gasteiger partial charge in [0.2, 0.25) is 5.91 Å². The molecule has 2 aromatic rings. The van der Waals surface area contributed by atoms with Gasteiger partial charge in [-0.15, -0.1) is 0 Å². The van der Waals surface area contributed by atoms with Gasteiger partial charge in [0.05, 0.1) is 7.11 Å². The predicted molar refractivity (Wildman–Crippen MR) is 107 cm³/mol. The maximum absolute atomic E-state index is 12.3. The third kappa shape index (κ3) is 5.24. The molecule has 4 heteroatoms. The van der Waals surface area contributed by atoms with Gasteiger partial charge in [-0.25, -0.2) is 0 Å². The van der Waals surface area contributed by atoms with Crippen molar-refractivity contribution >= 4 is 17.7 Å². The Balaban J connectivity index is 2.09. The van der Waals surface area contributed by atoms with E-state index in [4.69, 9.17) is 9.47 Å². The summed E-state index contributed by atoms with van der Waals surface area (Å²) in [6, 6.07) is 13.3. The molecular weight excluding hydrogens is 326 g/mol. The van der Waals surface area contributed by atoms with Gasteiger partial charge in [0.1, 0.15) is 6.61 Å². The third-order valence-corrected chi connectivity index (χ3v) is 3.81. The Morgan fingerprint density at radius 3 is 2.65 bits per heavy atom. The SMILES string of the molecule is C=CCOc1ccc(/C=C/C(=O)Nc2ccccc2C(C)C)cc1OC. The first kappa shape index (κ1) is 19.3.